The van der Waals surface area contributed by atoms with E-state index in [1.54, 1.807) is 10.9 Å². The second kappa shape index (κ2) is 7.30. The summed E-state index contributed by atoms with van der Waals surface area (Å²) in [5.74, 6) is 0.667. The average molecular weight is 385 g/mol. The SMILES string of the molecule is S=c1[nH]nc(-c2cccc(Br)c2)n1/N=C\C=C\c1ccccc1. The number of hydrogen-bond donors (Lipinski definition) is 1. The Hall–Kier alpha value is -2.31. The van der Waals surface area contributed by atoms with Crippen molar-refractivity contribution in [1.82, 2.24) is 14.9 Å². The van der Waals surface area contributed by atoms with Crippen LogP contribution >= 0.6 is 28.1 Å². The number of nitrogens with zero attached hydrogens (tertiary/aromatic N) is 3. The van der Waals surface area contributed by atoms with Crippen molar-refractivity contribution in [3.8, 4) is 11.4 Å². The standard InChI is InChI=1S/C17H13BrN4S/c18-15-10-4-9-14(12-15)16-20-21-17(23)22(16)19-11-5-8-13-6-2-1-3-7-13/h1-12H,(H,21,23)/b8-5+,19-11-. The molecule has 23 heavy (non-hydrogen) atoms. The van der Waals surface area contributed by atoms with Gasteiger partial charge in [0.2, 0.25) is 4.77 Å². The third-order valence-corrected chi connectivity index (χ3v) is 3.85. The molecule has 3 rings (SSSR count). The molecule has 1 N–H and O–H groups in total. The van der Waals surface area contributed by atoms with Gasteiger partial charge in [-0.25, -0.2) is 5.10 Å². The van der Waals surface area contributed by atoms with E-state index in [1.165, 1.54) is 0 Å². The van der Waals surface area contributed by atoms with Gasteiger partial charge >= 0.3 is 0 Å². The quantitative estimate of drug-likeness (QED) is 0.512. The minimum Gasteiger partial charge on any atom is -0.250 e. The topological polar surface area (TPSA) is 46.0 Å². The summed E-state index contributed by atoms with van der Waals surface area (Å²) in [6.07, 6.45) is 5.54. The molecular formula is C17H13BrN4S. The molecule has 0 aliphatic carbocycles. The van der Waals surface area contributed by atoms with Gasteiger partial charge in [0.15, 0.2) is 5.82 Å². The third kappa shape index (κ3) is 3.91. The number of allylic oxidation sites excluding steroid dienone is 1. The maximum Gasteiger partial charge on any atom is 0.216 e. The van der Waals surface area contributed by atoms with Crippen LogP contribution in [0.25, 0.3) is 17.5 Å². The van der Waals surface area contributed by atoms with Gasteiger partial charge in [-0.15, -0.1) is 0 Å². The lowest BCUT2D eigenvalue weighted by molar-refractivity contribution is 0.872. The van der Waals surface area contributed by atoms with Gasteiger partial charge in [-0.3, -0.25) is 0 Å². The summed E-state index contributed by atoms with van der Waals surface area (Å²) in [7, 11) is 0. The summed E-state index contributed by atoms with van der Waals surface area (Å²) in [6, 6.07) is 17.9. The van der Waals surface area contributed by atoms with Gasteiger partial charge < -0.3 is 0 Å². The largest absolute Gasteiger partial charge is 0.250 e. The second-order valence-corrected chi connectivity index (χ2v) is 6.01. The van der Waals surface area contributed by atoms with Crippen molar-refractivity contribution in [2.45, 2.75) is 0 Å². The fourth-order valence-corrected chi connectivity index (χ4v) is 2.62. The van der Waals surface area contributed by atoms with E-state index in [0.717, 1.165) is 15.6 Å². The first-order valence-electron chi connectivity index (χ1n) is 6.93. The normalized spacial score (nSPS) is 11.5. The van der Waals surface area contributed by atoms with E-state index >= 15 is 0 Å². The Morgan fingerprint density at radius 3 is 2.74 bits per heavy atom. The van der Waals surface area contributed by atoms with E-state index in [9.17, 15) is 0 Å². The van der Waals surface area contributed by atoms with Gasteiger partial charge in [0.1, 0.15) is 0 Å². The molecule has 0 bridgehead atoms. The number of nitrogens with one attached hydrogen (secondary N) is 1. The fourth-order valence-electron chi connectivity index (χ4n) is 2.04. The van der Waals surface area contributed by atoms with E-state index in [1.807, 2.05) is 66.7 Å². The minimum absolute atomic E-state index is 0.448. The Bertz CT molecular complexity index is 910. The third-order valence-electron chi connectivity index (χ3n) is 3.09. The number of aromatic nitrogens is 3. The summed E-state index contributed by atoms with van der Waals surface area (Å²) in [5, 5.41) is 11.4. The maximum atomic E-state index is 5.24. The van der Waals surface area contributed by atoms with E-state index in [0.29, 0.717) is 10.6 Å². The molecule has 114 valence electrons. The van der Waals surface area contributed by atoms with Crippen molar-refractivity contribution in [1.29, 1.82) is 0 Å². The van der Waals surface area contributed by atoms with E-state index in [-0.39, 0.29) is 0 Å². The van der Waals surface area contributed by atoms with Crippen molar-refractivity contribution in [3.63, 3.8) is 0 Å². The second-order valence-electron chi connectivity index (χ2n) is 4.71. The highest BCUT2D eigenvalue weighted by molar-refractivity contribution is 9.10. The number of halogens is 1. The smallest absolute Gasteiger partial charge is 0.216 e. The van der Waals surface area contributed by atoms with Crippen LogP contribution < -0.4 is 0 Å². The number of benzene rings is 2. The molecule has 0 amide bonds. The van der Waals surface area contributed by atoms with Crippen LogP contribution in [0.1, 0.15) is 5.56 Å². The Morgan fingerprint density at radius 1 is 1.13 bits per heavy atom. The van der Waals surface area contributed by atoms with Gasteiger partial charge in [0.05, 0.1) is 0 Å². The fraction of sp³-hybridized carbons (Fsp3) is 0. The molecule has 3 aromatic rings. The highest BCUT2D eigenvalue weighted by atomic mass is 79.9. The molecule has 0 spiro atoms. The number of H-pyrrole nitrogens is 1. The van der Waals surface area contributed by atoms with Gasteiger partial charge in [-0.05, 0) is 36.0 Å². The molecule has 1 heterocycles. The van der Waals surface area contributed by atoms with Crippen LogP contribution in [0.5, 0.6) is 0 Å². The zero-order valence-electron chi connectivity index (χ0n) is 12.1. The first-order chi connectivity index (χ1) is 11.2. The Balaban J connectivity index is 1.86. The van der Waals surface area contributed by atoms with Crippen molar-refractivity contribution in [3.05, 3.63) is 75.5 Å². The molecule has 0 aliphatic heterocycles. The Morgan fingerprint density at radius 2 is 1.96 bits per heavy atom. The predicted octanol–water partition coefficient (Wildman–Crippen LogP) is 4.92. The minimum atomic E-state index is 0.448. The van der Waals surface area contributed by atoms with Crippen molar-refractivity contribution < 1.29 is 0 Å². The average Bonchev–Trinajstić information content (AvgIpc) is 2.93. The molecular weight excluding hydrogens is 372 g/mol. The van der Waals surface area contributed by atoms with E-state index in [4.69, 9.17) is 12.2 Å². The molecule has 6 heteroatoms. The summed E-state index contributed by atoms with van der Waals surface area (Å²) < 4.78 is 3.03. The maximum absolute atomic E-state index is 5.24. The Labute approximate surface area is 147 Å². The van der Waals surface area contributed by atoms with Crippen LogP contribution in [-0.2, 0) is 0 Å². The summed E-state index contributed by atoms with van der Waals surface area (Å²) in [4.78, 5) is 0. The van der Waals surface area contributed by atoms with E-state index < -0.39 is 0 Å². The van der Waals surface area contributed by atoms with E-state index in [2.05, 4.69) is 31.2 Å². The highest BCUT2D eigenvalue weighted by Crippen LogP contribution is 2.21. The first kappa shape index (κ1) is 15.6. The molecule has 0 fully saturated rings. The van der Waals surface area contributed by atoms with Crippen LogP contribution in [0.4, 0.5) is 0 Å². The monoisotopic (exact) mass is 384 g/mol. The van der Waals surface area contributed by atoms with Gasteiger partial charge in [0.25, 0.3) is 0 Å². The molecule has 1 aromatic heterocycles. The summed E-state index contributed by atoms with van der Waals surface area (Å²) >= 11 is 8.70. The van der Waals surface area contributed by atoms with Crippen molar-refractivity contribution in [2.24, 2.45) is 5.10 Å². The van der Waals surface area contributed by atoms with Crippen LogP contribution in [-0.4, -0.2) is 21.1 Å². The molecule has 0 unspecified atom stereocenters. The van der Waals surface area contributed by atoms with Gasteiger partial charge in [-0.2, -0.15) is 14.9 Å². The summed E-state index contributed by atoms with van der Waals surface area (Å²) in [5.41, 5.74) is 2.04. The molecule has 0 saturated heterocycles. The first-order valence-corrected chi connectivity index (χ1v) is 8.13. The molecule has 0 radical (unpaired) electrons. The zero-order valence-corrected chi connectivity index (χ0v) is 14.5. The van der Waals surface area contributed by atoms with Crippen molar-refractivity contribution >= 4 is 40.4 Å². The lowest BCUT2D eigenvalue weighted by atomic mass is 10.2. The van der Waals surface area contributed by atoms with Crippen molar-refractivity contribution in [2.75, 3.05) is 0 Å². The molecule has 0 saturated carbocycles. The molecule has 0 atom stereocenters. The predicted molar refractivity (Wildman–Crippen MR) is 99.9 cm³/mol. The molecule has 4 nitrogen and oxygen atoms in total. The van der Waals surface area contributed by atoms with Gasteiger partial charge in [0, 0.05) is 16.3 Å². The van der Waals surface area contributed by atoms with Crippen LogP contribution in [0.2, 0.25) is 0 Å². The lowest BCUT2D eigenvalue weighted by Gasteiger charge is -2.00. The van der Waals surface area contributed by atoms with Crippen LogP contribution in [0.3, 0.4) is 0 Å². The lowest BCUT2D eigenvalue weighted by Crippen LogP contribution is -1.93. The molecule has 2 aromatic carbocycles. The number of rotatable bonds is 4. The van der Waals surface area contributed by atoms with Crippen LogP contribution in [0, 0.1) is 4.77 Å². The summed E-state index contributed by atoms with van der Waals surface area (Å²) in [6.45, 7) is 0. The molecule has 0 aliphatic rings. The number of hydrogen-bond acceptors (Lipinski definition) is 3. The van der Waals surface area contributed by atoms with Gasteiger partial charge in [-0.1, -0.05) is 64.5 Å². The zero-order chi connectivity index (χ0) is 16.1. The highest BCUT2D eigenvalue weighted by Gasteiger charge is 2.07. The Kier molecular flexibility index (Phi) is 4.95. The van der Waals surface area contributed by atoms with Crippen LogP contribution in [0.15, 0.2) is 70.2 Å². The number of aromatic amines is 1.